The van der Waals surface area contributed by atoms with Gasteiger partial charge in [0.25, 0.3) is 0 Å². The number of anilines is 1. The lowest BCUT2D eigenvalue weighted by molar-refractivity contribution is 0.570. The molecular formula is C17H23N3S. The van der Waals surface area contributed by atoms with Gasteiger partial charge in [0.2, 0.25) is 0 Å². The van der Waals surface area contributed by atoms with Crippen molar-refractivity contribution in [1.29, 1.82) is 0 Å². The minimum atomic E-state index is 0.457. The Balaban J connectivity index is 1.91. The van der Waals surface area contributed by atoms with E-state index in [1.165, 1.54) is 22.5 Å². The standard InChI is InChI=1S/C17H23N3S/c1-3-13-10-17-15(19-11-13)5-8-20(17)16(4-7-18-2)14-6-9-21-12-14/h6,9-12,16,18H,3-5,7-8H2,1-2H3. The summed E-state index contributed by atoms with van der Waals surface area (Å²) in [6, 6.07) is 5.06. The van der Waals surface area contributed by atoms with Crippen LogP contribution in [-0.4, -0.2) is 25.1 Å². The fraction of sp³-hybridized carbons (Fsp3) is 0.471. The second kappa shape index (κ2) is 6.58. The highest BCUT2D eigenvalue weighted by Crippen LogP contribution is 2.37. The summed E-state index contributed by atoms with van der Waals surface area (Å²) in [6.45, 7) is 4.31. The summed E-state index contributed by atoms with van der Waals surface area (Å²) in [7, 11) is 2.03. The van der Waals surface area contributed by atoms with E-state index in [2.05, 4.69) is 45.0 Å². The summed E-state index contributed by atoms with van der Waals surface area (Å²) in [4.78, 5) is 7.23. The predicted molar refractivity (Wildman–Crippen MR) is 90.3 cm³/mol. The molecule has 4 heteroatoms. The van der Waals surface area contributed by atoms with E-state index in [1.54, 1.807) is 11.3 Å². The maximum absolute atomic E-state index is 4.67. The van der Waals surface area contributed by atoms with Crippen LogP contribution in [0.4, 0.5) is 5.69 Å². The van der Waals surface area contributed by atoms with Gasteiger partial charge < -0.3 is 10.2 Å². The summed E-state index contributed by atoms with van der Waals surface area (Å²) in [5, 5.41) is 7.76. The summed E-state index contributed by atoms with van der Waals surface area (Å²) < 4.78 is 0. The minimum Gasteiger partial charge on any atom is -0.363 e. The summed E-state index contributed by atoms with van der Waals surface area (Å²) in [5.74, 6) is 0. The van der Waals surface area contributed by atoms with Crippen LogP contribution in [0, 0.1) is 0 Å². The first-order chi connectivity index (χ1) is 10.3. The van der Waals surface area contributed by atoms with Crippen molar-refractivity contribution in [2.75, 3.05) is 25.0 Å². The Kier molecular flexibility index (Phi) is 4.56. The molecule has 1 N–H and O–H groups in total. The van der Waals surface area contributed by atoms with Crippen LogP contribution in [0.1, 0.15) is 36.2 Å². The molecule has 112 valence electrons. The Morgan fingerprint density at radius 2 is 2.38 bits per heavy atom. The quantitative estimate of drug-likeness (QED) is 0.886. The number of nitrogens with one attached hydrogen (secondary N) is 1. The van der Waals surface area contributed by atoms with Crippen LogP contribution >= 0.6 is 11.3 Å². The zero-order chi connectivity index (χ0) is 14.7. The van der Waals surface area contributed by atoms with Gasteiger partial charge in [-0.05, 0) is 60.5 Å². The van der Waals surface area contributed by atoms with Gasteiger partial charge in [-0.1, -0.05) is 6.92 Å². The number of hydrogen-bond acceptors (Lipinski definition) is 4. The molecule has 0 radical (unpaired) electrons. The van der Waals surface area contributed by atoms with Crippen molar-refractivity contribution in [1.82, 2.24) is 10.3 Å². The van der Waals surface area contributed by atoms with Gasteiger partial charge in [0.1, 0.15) is 0 Å². The molecule has 2 aromatic rings. The molecule has 0 amide bonds. The zero-order valence-electron chi connectivity index (χ0n) is 12.8. The van der Waals surface area contributed by atoms with Gasteiger partial charge in [-0.15, -0.1) is 0 Å². The van der Waals surface area contributed by atoms with Gasteiger partial charge in [0.05, 0.1) is 17.4 Å². The first kappa shape index (κ1) is 14.5. The number of fused-ring (bicyclic) bond motifs is 1. The molecule has 0 aliphatic carbocycles. The summed E-state index contributed by atoms with van der Waals surface area (Å²) in [6.07, 6.45) is 5.28. The molecule has 21 heavy (non-hydrogen) atoms. The van der Waals surface area contributed by atoms with Crippen LogP contribution in [0.5, 0.6) is 0 Å². The van der Waals surface area contributed by atoms with Gasteiger partial charge in [-0.2, -0.15) is 11.3 Å². The molecule has 0 bridgehead atoms. The van der Waals surface area contributed by atoms with Crippen molar-refractivity contribution in [2.24, 2.45) is 0 Å². The van der Waals surface area contributed by atoms with E-state index in [-0.39, 0.29) is 0 Å². The van der Waals surface area contributed by atoms with Crippen LogP contribution in [0.25, 0.3) is 0 Å². The second-order valence-corrected chi connectivity index (χ2v) is 6.35. The highest BCUT2D eigenvalue weighted by molar-refractivity contribution is 7.08. The largest absolute Gasteiger partial charge is 0.363 e. The SMILES string of the molecule is CCc1cnc2c(c1)N(C(CCNC)c1ccsc1)CC2. The lowest BCUT2D eigenvalue weighted by atomic mass is 10.0. The number of pyridine rings is 1. The molecule has 0 saturated heterocycles. The van der Waals surface area contributed by atoms with Crippen LogP contribution in [0.2, 0.25) is 0 Å². The van der Waals surface area contributed by atoms with Gasteiger partial charge in [0, 0.05) is 19.2 Å². The molecule has 1 aliphatic heterocycles. The molecule has 0 spiro atoms. The molecule has 3 rings (SSSR count). The van der Waals surface area contributed by atoms with E-state index < -0.39 is 0 Å². The zero-order valence-corrected chi connectivity index (χ0v) is 13.6. The Morgan fingerprint density at radius 1 is 1.48 bits per heavy atom. The highest BCUT2D eigenvalue weighted by Gasteiger charge is 2.28. The molecule has 1 atom stereocenters. The van der Waals surface area contributed by atoms with E-state index in [1.807, 2.05) is 13.2 Å². The molecule has 2 aromatic heterocycles. The molecule has 0 aromatic carbocycles. The Morgan fingerprint density at radius 3 is 3.10 bits per heavy atom. The van der Waals surface area contributed by atoms with Crippen LogP contribution in [0.3, 0.4) is 0 Å². The lowest BCUT2D eigenvalue weighted by Gasteiger charge is -2.30. The molecule has 1 unspecified atom stereocenters. The van der Waals surface area contributed by atoms with E-state index >= 15 is 0 Å². The fourth-order valence-electron chi connectivity index (χ4n) is 3.08. The van der Waals surface area contributed by atoms with Gasteiger partial charge in [-0.3, -0.25) is 4.98 Å². The maximum Gasteiger partial charge on any atom is 0.0654 e. The van der Waals surface area contributed by atoms with Crippen molar-refractivity contribution in [3.8, 4) is 0 Å². The number of aromatic nitrogens is 1. The van der Waals surface area contributed by atoms with Crippen LogP contribution in [-0.2, 0) is 12.8 Å². The maximum atomic E-state index is 4.67. The summed E-state index contributed by atoms with van der Waals surface area (Å²) >= 11 is 1.79. The first-order valence-electron chi connectivity index (χ1n) is 7.74. The molecule has 0 saturated carbocycles. The third-order valence-electron chi connectivity index (χ3n) is 4.28. The van der Waals surface area contributed by atoms with Crippen molar-refractivity contribution in [3.05, 3.63) is 45.9 Å². The van der Waals surface area contributed by atoms with Gasteiger partial charge >= 0.3 is 0 Å². The molecule has 0 fully saturated rings. The van der Waals surface area contributed by atoms with Gasteiger partial charge in [0.15, 0.2) is 0 Å². The molecule has 1 aliphatic rings. The number of hydrogen-bond donors (Lipinski definition) is 1. The van der Waals surface area contributed by atoms with Crippen molar-refractivity contribution in [3.63, 3.8) is 0 Å². The van der Waals surface area contributed by atoms with Crippen molar-refractivity contribution in [2.45, 2.75) is 32.2 Å². The number of nitrogens with zero attached hydrogens (tertiary/aromatic N) is 2. The number of aryl methyl sites for hydroxylation is 1. The van der Waals surface area contributed by atoms with Crippen LogP contribution < -0.4 is 10.2 Å². The van der Waals surface area contributed by atoms with Crippen molar-refractivity contribution >= 4 is 17.0 Å². The van der Waals surface area contributed by atoms with Crippen LogP contribution in [0.15, 0.2) is 29.1 Å². The fourth-order valence-corrected chi connectivity index (χ4v) is 3.78. The second-order valence-electron chi connectivity index (χ2n) is 5.57. The third kappa shape index (κ3) is 2.97. The third-order valence-corrected chi connectivity index (χ3v) is 4.98. The minimum absolute atomic E-state index is 0.457. The van der Waals surface area contributed by atoms with E-state index in [9.17, 15) is 0 Å². The molecule has 3 nitrogen and oxygen atoms in total. The molecular weight excluding hydrogens is 278 g/mol. The van der Waals surface area contributed by atoms with Gasteiger partial charge in [-0.25, -0.2) is 0 Å². The Hall–Kier alpha value is -1.39. The van der Waals surface area contributed by atoms with E-state index in [0.29, 0.717) is 6.04 Å². The smallest absolute Gasteiger partial charge is 0.0654 e. The highest BCUT2D eigenvalue weighted by atomic mass is 32.1. The average Bonchev–Trinajstić information content (AvgIpc) is 3.17. The average molecular weight is 301 g/mol. The van der Waals surface area contributed by atoms with Crippen molar-refractivity contribution < 1.29 is 0 Å². The molecule has 3 heterocycles. The predicted octanol–water partition coefficient (Wildman–Crippen LogP) is 3.42. The number of rotatable bonds is 6. The normalized spacial score (nSPS) is 15.2. The Labute approximate surface area is 131 Å². The topological polar surface area (TPSA) is 28.2 Å². The van der Waals surface area contributed by atoms with E-state index in [0.717, 1.165) is 32.4 Å². The Bertz CT molecular complexity index is 580. The lowest BCUT2D eigenvalue weighted by Crippen LogP contribution is -2.29. The first-order valence-corrected chi connectivity index (χ1v) is 8.69. The van der Waals surface area contributed by atoms with E-state index in [4.69, 9.17) is 0 Å². The summed E-state index contributed by atoms with van der Waals surface area (Å²) in [5.41, 5.74) is 5.38. The number of thiophene rings is 1. The monoisotopic (exact) mass is 301 g/mol.